The molecule has 2 N–H and O–H groups in total. The van der Waals surface area contributed by atoms with E-state index in [0.29, 0.717) is 11.3 Å². The van der Waals surface area contributed by atoms with Gasteiger partial charge in [-0.05, 0) is 55.9 Å². The minimum atomic E-state index is -0.297. The highest BCUT2D eigenvalue weighted by atomic mass is 32.1. The molecule has 0 atom stereocenters. The first-order valence-electron chi connectivity index (χ1n) is 7.99. The number of anilines is 1. The lowest BCUT2D eigenvalue weighted by molar-refractivity contribution is 0.0976. The highest BCUT2D eigenvalue weighted by Gasteiger charge is 2.12. The van der Waals surface area contributed by atoms with Crippen LogP contribution in [0.2, 0.25) is 0 Å². The molecule has 0 bridgehead atoms. The van der Waals surface area contributed by atoms with E-state index in [4.69, 9.17) is 21.4 Å². The summed E-state index contributed by atoms with van der Waals surface area (Å²) in [5.74, 6) is 1.08. The van der Waals surface area contributed by atoms with E-state index < -0.39 is 0 Å². The van der Waals surface area contributed by atoms with E-state index in [0.717, 1.165) is 24.5 Å². The van der Waals surface area contributed by atoms with Crippen LogP contribution in [0.1, 0.15) is 42.3 Å². The predicted molar refractivity (Wildman–Crippen MR) is 98.6 cm³/mol. The molecule has 0 aliphatic heterocycles. The van der Waals surface area contributed by atoms with Crippen molar-refractivity contribution in [2.45, 2.75) is 33.1 Å². The summed E-state index contributed by atoms with van der Waals surface area (Å²) in [5, 5.41) is 5.83. The Morgan fingerprint density at radius 2 is 1.96 bits per heavy atom. The molecule has 1 aromatic heterocycles. The number of benzene rings is 1. The fraction of sp³-hybridized carbons (Fsp3) is 0.333. The van der Waals surface area contributed by atoms with Crippen LogP contribution in [0.5, 0.6) is 5.75 Å². The molecule has 1 amide bonds. The monoisotopic (exact) mass is 346 g/mol. The van der Waals surface area contributed by atoms with Gasteiger partial charge in [-0.3, -0.25) is 10.1 Å². The van der Waals surface area contributed by atoms with Crippen molar-refractivity contribution in [3.63, 3.8) is 0 Å². The maximum absolute atomic E-state index is 12.0. The number of hydrogen-bond donors (Lipinski definition) is 2. The van der Waals surface area contributed by atoms with E-state index >= 15 is 0 Å². The SMILES string of the molecule is CCCCCOc1ccc(NC(=S)NC(=O)c2ccoc2C)cc1. The maximum atomic E-state index is 12.0. The summed E-state index contributed by atoms with van der Waals surface area (Å²) in [4.78, 5) is 12.0. The number of carbonyl (C=O) groups is 1. The Balaban J connectivity index is 1.81. The predicted octanol–water partition coefficient (Wildman–Crippen LogP) is 4.28. The molecular weight excluding hydrogens is 324 g/mol. The minimum absolute atomic E-state index is 0.234. The van der Waals surface area contributed by atoms with Crippen molar-refractivity contribution in [3.8, 4) is 5.75 Å². The van der Waals surface area contributed by atoms with E-state index in [1.54, 1.807) is 13.0 Å². The van der Waals surface area contributed by atoms with Gasteiger partial charge in [0, 0.05) is 5.69 Å². The Hall–Kier alpha value is -2.34. The number of hydrogen-bond acceptors (Lipinski definition) is 4. The summed E-state index contributed by atoms with van der Waals surface area (Å²) in [6.45, 7) is 4.61. The zero-order valence-corrected chi connectivity index (χ0v) is 14.7. The summed E-state index contributed by atoms with van der Waals surface area (Å²) in [5.41, 5.74) is 1.25. The Morgan fingerprint density at radius 3 is 2.58 bits per heavy atom. The number of carbonyl (C=O) groups excluding carboxylic acids is 1. The first-order chi connectivity index (χ1) is 11.6. The van der Waals surface area contributed by atoms with Crippen molar-refractivity contribution in [3.05, 3.63) is 47.9 Å². The van der Waals surface area contributed by atoms with Gasteiger partial charge in [-0.25, -0.2) is 0 Å². The Bertz CT molecular complexity index is 680. The number of nitrogens with one attached hydrogen (secondary N) is 2. The molecule has 128 valence electrons. The van der Waals surface area contributed by atoms with Gasteiger partial charge in [-0.15, -0.1) is 0 Å². The van der Waals surface area contributed by atoms with E-state index in [9.17, 15) is 4.79 Å². The third-order valence-electron chi connectivity index (χ3n) is 3.46. The van der Waals surface area contributed by atoms with Gasteiger partial charge in [0.1, 0.15) is 11.5 Å². The fourth-order valence-electron chi connectivity index (χ4n) is 2.13. The molecule has 0 aliphatic rings. The van der Waals surface area contributed by atoms with Crippen molar-refractivity contribution in [2.24, 2.45) is 0 Å². The molecule has 0 saturated carbocycles. The van der Waals surface area contributed by atoms with E-state index in [1.807, 2.05) is 24.3 Å². The van der Waals surface area contributed by atoms with Gasteiger partial charge in [-0.2, -0.15) is 0 Å². The van der Waals surface area contributed by atoms with Crippen molar-refractivity contribution < 1.29 is 13.9 Å². The van der Waals surface area contributed by atoms with Crippen molar-refractivity contribution >= 4 is 28.9 Å². The summed E-state index contributed by atoms with van der Waals surface area (Å²) < 4.78 is 10.8. The lowest BCUT2D eigenvalue weighted by Crippen LogP contribution is -2.34. The third-order valence-corrected chi connectivity index (χ3v) is 3.66. The minimum Gasteiger partial charge on any atom is -0.494 e. The van der Waals surface area contributed by atoms with E-state index in [2.05, 4.69) is 17.6 Å². The Morgan fingerprint density at radius 1 is 1.21 bits per heavy atom. The van der Waals surface area contributed by atoms with Crippen LogP contribution in [0.3, 0.4) is 0 Å². The zero-order valence-electron chi connectivity index (χ0n) is 13.9. The molecule has 1 heterocycles. The number of thiocarbonyl (C=S) groups is 1. The molecular formula is C18H22N2O3S. The van der Waals surface area contributed by atoms with Gasteiger partial charge < -0.3 is 14.5 Å². The van der Waals surface area contributed by atoms with Gasteiger partial charge in [0.2, 0.25) is 0 Å². The molecule has 2 rings (SSSR count). The number of ether oxygens (including phenoxy) is 1. The molecule has 0 unspecified atom stereocenters. The number of amides is 1. The third kappa shape index (κ3) is 5.38. The second kappa shape index (κ2) is 9.08. The van der Waals surface area contributed by atoms with Gasteiger partial charge in [-0.1, -0.05) is 19.8 Å². The quantitative estimate of drug-likeness (QED) is 0.578. The second-order valence-corrected chi connectivity index (χ2v) is 5.79. The standard InChI is InChI=1S/C18H22N2O3S/c1-3-4-5-11-23-15-8-6-14(7-9-15)19-18(24)20-17(21)16-10-12-22-13(16)2/h6-10,12H,3-5,11H2,1-2H3,(H2,19,20,21,24). The molecule has 0 aliphatic carbocycles. The van der Waals surface area contributed by atoms with Gasteiger partial charge >= 0.3 is 0 Å². The van der Waals surface area contributed by atoms with Crippen molar-refractivity contribution in [1.82, 2.24) is 5.32 Å². The second-order valence-electron chi connectivity index (χ2n) is 5.38. The highest BCUT2D eigenvalue weighted by Crippen LogP contribution is 2.16. The summed E-state index contributed by atoms with van der Waals surface area (Å²) >= 11 is 5.16. The smallest absolute Gasteiger partial charge is 0.260 e. The molecule has 2 aromatic rings. The molecule has 24 heavy (non-hydrogen) atoms. The first kappa shape index (κ1) is 18.0. The lowest BCUT2D eigenvalue weighted by atomic mass is 10.2. The lowest BCUT2D eigenvalue weighted by Gasteiger charge is -2.10. The molecule has 6 heteroatoms. The van der Waals surface area contributed by atoms with Crippen LogP contribution in [0.25, 0.3) is 0 Å². The van der Waals surface area contributed by atoms with Gasteiger partial charge in [0.25, 0.3) is 5.91 Å². The van der Waals surface area contributed by atoms with Gasteiger partial charge in [0.15, 0.2) is 5.11 Å². The normalized spacial score (nSPS) is 10.2. The average Bonchev–Trinajstić information content (AvgIpc) is 2.99. The maximum Gasteiger partial charge on any atom is 0.260 e. The largest absolute Gasteiger partial charge is 0.494 e. The van der Waals surface area contributed by atoms with Crippen LogP contribution in [0.15, 0.2) is 41.0 Å². The number of rotatable bonds is 7. The average molecular weight is 346 g/mol. The van der Waals surface area contributed by atoms with E-state index in [1.165, 1.54) is 19.1 Å². The Kier molecular flexibility index (Phi) is 6.81. The molecule has 0 spiro atoms. The Labute approximate surface area is 147 Å². The van der Waals surface area contributed by atoms with Crippen LogP contribution >= 0.6 is 12.2 Å². The topological polar surface area (TPSA) is 63.5 Å². The molecule has 1 aromatic carbocycles. The van der Waals surface area contributed by atoms with Gasteiger partial charge in [0.05, 0.1) is 18.4 Å². The van der Waals surface area contributed by atoms with Crippen molar-refractivity contribution in [2.75, 3.05) is 11.9 Å². The molecule has 5 nitrogen and oxygen atoms in total. The summed E-state index contributed by atoms with van der Waals surface area (Å²) in [7, 11) is 0. The van der Waals surface area contributed by atoms with Crippen LogP contribution in [-0.4, -0.2) is 17.6 Å². The van der Waals surface area contributed by atoms with Crippen LogP contribution in [0, 0.1) is 6.92 Å². The van der Waals surface area contributed by atoms with Crippen LogP contribution in [-0.2, 0) is 0 Å². The van der Waals surface area contributed by atoms with Crippen LogP contribution < -0.4 is 15.4 Å². The first-order valence-corrected chi connectivity index (χ1v) is 8.40. The number of aryl methyl sites for hydroxylation is 1. The highest BCUT2D eigenvalue weighted by molar-refractivity contribution is 7.80. The molecule has 0 saturated heterocycles. The number of furan rings is 1. The molecule has 0 fully saturated rings. The summed E-state index contributed by atoms with van der Waals surface area (Å²) in [6.07, 6.45) is 4.87. The van der Waals surface area contributed by atoms with Crippen LogP contribution in [0.4, 0.5) is 5.69 Å². The summed E-state index contributed by atoms with van der Waals surface area (Å²) in [6, 6.07) is 9.07. The van der Waals surface area contributed by atoms with E-state index in [-0.39, 0.29) is 11.0 Å². The number of unbranched alkanes of at least 4 members (excludes halogenated alkanes) is 2. The zero-order chi connectivity index (χ0) is 17.4. The molecule has 0 radical (unpaired) electrons. The fourth-order valence-corrected chi connectivity index (χ4v) is 2.34. The van der Waals surface area contributed by atoms with Crippen molar-refractivity contribution in [1.29, 1.82) is 0 Å².